The van der Waals surface area contributed by atoms with Crippen LogP contribution in [0.2, 0.25) is 0 Å². The van der Waals surface area contributed by atoms with Crippen LogP contribution in [-0.2, 0) is 19.6 Å². The second-order valence-electron chi connectivity index (χ2n) is 8.10. The minimum absolute atomic E-state index is 0.0722. The Morgan fingerprint density at radius 1 is 1.10 bits per heavy atom. The number of carbonyl (C=O) groups is 1. The van der Waals surface area contributed by atoms with Gasteiger partial charge in [-0.25, -0.2) is 13.1 Å². The van der Waals surface area contributed by atoms with Crippen molar-refractivity contribution in [3.8, 4) is 0 Å². The van der Waals surface area contributed by atoms with Crippen molar-refractivity contribution in [3.63, 3.8) is 0 Å². The van der Waals surface area contributed by atoms with Crippen LogP contribution in [0.15, 0.2) is 59.5 Å². The van der Waals surface area contributed by atoms with Crippen LogP contribution >= 0.6 is 0 Å². The van der Waals surface area contributed by atoms with Crippen LogP contribution in [0.3, 0.4) is 0 Å². The van der Waals surface area contributed by atoms with Crippen molar-refractivity contribution in [2.45, 2.75) is 61.7 Å². The summed E-state index contributed by atoms with van der Waals surface area (Å²) in [5.74, 6) is -0.692. The molecule has 0 saturated carbocycles. The summed E-state index contributed by atoms with van der Waals surface area (Å²) in [7, 11) is -3.66. The SMILES string of the molecule is O=C(O)CCC/C=C/CC1C2CCC(O2)C1NS(=O)(=O)c1ccc2ccccc2c1. The van der Waals surface area contributed by atoms with Crippen LogP contribution in [0.4, 0.5) is 0 Å². The molecule has 2 saturated heterocycles. The Labute approximate surface area is 177 Å². The Hall–Kier alpha value is -2.22. The normalized spacial score (nSPS) is 26.0. The average molecular weight is 430 g/mol. The fourth-order valence-corrected chi connectivity index (χ4v) is 5.91. The highest BCUT2D eigenvalue weighted by atomic mass is 32.2. The second-order valence-corrected chi connectivity index (χ2v) is 9.82. The van der Waals surface area contributed by atoms with Crippen molar-refractivity contribution in [2.75, 3.05) is 0 Å². The van der Waals surface area contributed by atoms with Gasteiger partial charge in [-0.05, 0) is 55.0 Å². The van der Waals surface area contributed by atoms with E-state index in [0.717, 1.165) is 30.0 Å². The quantitative estimate of drug-likeness (QED) is 0.466. The second kappa shape index (κ2) is 8.88. The van der Waals surface area contributed by atoms with Gasteiger partial charge >= 0.3 is 5.97 Å². The van der Waals surface area contributed by atoms with Gasteiger partial charge in [0.25, 0.3) is 0 Å². The number of hydrogen-bond donors (Lipinski definition) is 2. The van der Waals surface area contributed by atoms with Crippen LogP contribution in [0.5, 0.6) is 0 Å². The van der Waals surface area contributed by atoms with E-state index in [1.54, 1.807) is 12.1 Å². The Morgan fingerprint density at radius 2 is 1.87 bits per heavy atom. The monoisotopic (exact) mass is 429 g/mol. The maximum Gasteiger partial charge on any atom is 0.303 e. The molecule has 0 aliphatic carbocycles. The molecule has 0 radical (unpaired) electrons. The number of ether oxygens (including phenoxy) is 1. The third-order valence-corrected chi connectivity index (χ3v) is 7.54. The standard InChI is InChI=1S/C23H27NO5S/c25-22(26)10-4-2-1-3-9-19-20-13-14-21(29-20)23(19)24-30(27,28)18-12-11-16-7-5-6-8-17(16)15-18/h1,3,5-8,11-12,15,19-21,23-24H,2,4,9-10,13-14H2,(H,25,26)/b3-1+. The van der Waals surface area contributed by atoms with Gasteiger partial charge in [-0.3, -0.25) is 4.79 Å². The fraction of sp³-hybridized carbons (Fsp3) is 0.435. The fourth-order valence-electron chi connectivity index (χ4n) is 4.56. The molecule has 6 nitrogen and oxygen atoms in total. The molecule has 0 amide bonds. The molecule has 2 aliphatic rings. The van der Waals surface area contributed by atoms with Gasteiger partial charge in [0.05, 0.1) is 23.1 Å². The lowest BCUT2D eigenvalue weighted by molar-refractivity contribution is -0.137. The van der Waals surface area contributed by atoms with Gasteiger partial charge in [0.2, 0.25) is 10.0 Å². The summed E-state index contributed by atoms with van der Waals surface area (Å²) in [6.45, 7) is 0. The zero-order valence-electron chi connectivity index (χ0n) is 16.7. The molecule has 0 aromatic heterocycles. The first-order valence-electron chi connectivity index (χ1n) is 10.5. The first-order chi connectivity index (χ1) is 14.4. The molecule has 2 bridgehead atoms. The molecule has 30 heavy (non-hydrogen) atoms. The maximum absolute atomic E-state index is 13.1. The van der Waals surface area contributed by atoms with Crippen molar-refractivity contribution in [3.05, 3.63) is 54.6 Å². The van der Waals surface area contributed by atoms with E-state index < -0.39 is 16.0 Å². The highest BCUT2D eigenvalue weighted by Gasteiger charge is 2.49. The molecule has 7 heteroatoms. The lowest BCUT2D eigenvalue weighted by Gasteiger charge is -2.28. The van der Waals surface area contributed by atoms with Gasteiger partial charge in [-0.15, -0.1) is 0 Å². The van der Waals surface area contributed by atoms with Crippen molar-refractivity contribution < 1.29 is 23.1 Å². The van der Waals surface area contributed by atoms with Gasteiger partial charge in [-0.1, -0.05) is 42.5 Å². The lowest BCUT2D eigenvalue weighted by atomic mass is 9.83. The highest BCUT2D eigenvalue weighted by molar-refractivity contribution is 7.89. The molecule has 4 rings (SSSR count). The van der Waals surface area contributed by atoms with E-state index in [-0.39, 0.29) is 35.5 Å². The van der Waals surface area contributed by atoms with Crippen LogP contribution in [0, 0.1) is 5.92 Å². The molecule has 4 unspecified atom stereocenters. The van der Waals surface area contributed by atoms with Crippen molar-refractivity contribution in [1.82, 2.24) is 4.72 Å². The maximum atomic E-state index is 13.1. The van der Waals surface area contributed by atoms with Gasteiger partial charge < -0.3 is 9.84 Å². The van der Waals surface area contributed by atoms with E-state index >= 15 is 0 Å². The minimum atomic E-state index is -3.66. The number of unbranched alkanes of at least 4 members (excludes halogenated alkanes) is 1. The smallest absolute Gasteiger partial charge is 0.303 e. The Morgan fingerprint density at radius 3 is 2.67 bits per heavy atom. The van der Waals surface area contributed by atoms with Crippen LogP contribution < -0.4 is 4.72 Å². The predicted molar refractivity (Wildman–Crippen MR) is 115 cm³/mol. The van der Waals surface area contributed by atoms with E-state index in [1.807, 2.05) is 42.5 Å². The summed E-state index contributed by atoms with van der Waals surface area (Å²) in [4.78, 5) is 10.9. The molecule has 4 atom stereocenters. The highest BCUT2D eigenvalue weighted by Crippen LogP contribution is 2.41. The van der Waals surface area contributed by atoms with E-state index in [1.165, 1.54) is 0 Å². The third-order valence-electron chi connectivity index (χ3n) is 6.08. The molecule has 2 N–H and O–H groups in total. The third kappa shape index (κ3) is 4.58. The van der Waals surface area contributed by atoms with E-state index in [4.69, 9.17) is 9.84 Å². The van der Waals surface area contributed by atoms with Crippen LogP contribution in [0.25, 0.3) is 10.8 Å². The Balaban J connectivity index is 1.44. The van der Waals surface area contributed by atoms with Crippen LogP contribution in [-0.4, -0.2) is 37.7 Å². The molecule has 2 aromatic carbocycles. The number of aliphatic carboxylic acids is 1. The Bertz CT molecular complexity index is 1050. The first kappa shape index (κ1) is 21.0. The molecular weight excluding hydrogens is 402 g/mol. The van der Waals surface area contributed by atoms with Crippen LogP contribution in [0.1, 0.15) is 38.5 Å². The number of sulfonamides is 1. The number of nitrogens with one attached hydrogen (secondary N) is 1. The molecular formula is C23H27NO5S. The van der Waals surface area contributed by atoms with E-state index in [0.29, 0.717) is 12.8 Å². The Kier molecular flexibility index (Phi) is 6.22. The van der Waals surface area contributed by atoms with Gasteiger partial charge in [0.15, 0.2) is 0 Å². The topological polar surface area (TPSA) is 92.7 Å². The summed E-state index contributed by atoms with van der Waals surface area (Å²) < 4.78 is 35.1. The summed E-state index contributed by atoms with van der Waals surface area (Å²) >= 11 is 0. The summed E-state index contributed by atoms with van der Waals surface area (Å²) in [6.07, 6.45) is 8.04. The van der Waals surface area contributed by atoms with Crippen molar-refractivity contribution in [2.24, 2.45) is 5.92 Å². The minimum Gasteiger partial charge on any atom is -0.481 e. The summed E-state index contributed by atoms with van der Waals surface area (Å²) in [5.41, 5.74) is 0. The number of fused-ring (bicyclic) bond motifs is 3. The zero-order valence-corrected chi connectivity index (χ0v) is 17.6. The van der Waals surface area contributed by atoms with E-state index in [9.17, 15) is 13.2 Å². The van der Waals surface area contributed by atoms with Gasteiger partial charge in [-0.2, -0.15) is 0 Å². The number of rotatable bonds is 9. The molecule has 160 valence electrons. The molecule has 2 heterocycles. The van der Waals surface area contributed by atoms with E-state index in [2.05, 4.69) is 4.72 Å². The number of benzene rings is 2. The number of hydrogen-bond acceptors (Lipinski definition) is 4. The molecule has 0 spiro atoms. The average Bonchev–Trinajstić information content (AvgIpc) is 3.32. The molecule has 2 aliphatic heterocycles. The lowest BCUT2D eigenvalue weighted by Crippen LogP contribution is -2.46. The van der Waals surface area contributed by atoms with Crippen molar-refractivity contribution in [1.29, 1.82) is 0 Å². The number of allylic oxidation sites excluding steroid dienone is 2. The summed E-state index contributed by atoms with van der Waals surface area (Å²) in [6, 6.07) is 12.6. The van der Waals surface area contributed by atoms with Gasteiger partial charge in [0.1, 0.15) is 0 Å². The van der Waals surface area contributed by atoms with Crippen molar-refractivity contribution >= 4 is 26.8 Å². The predicted octanol–water partition coefficient (Wildman–Crippen LogP) is 3.87. The number of carboxylic acids is 1. The first-order valence-corrected chi connectivity index (χ1v) is 12.0. The number of carboxylic acid groups (broad SMARTS) is 1. The molecule has 2 aromatic rings. The zero-order chi connectivity index (χ0) is 21.1. The van der Waals surface area contributed by atoms with Gasteiger partial charge in [0, 0.05) is 12.3 Å². The largest absolute Gasteiger partial charge is 0.481 e. The molecule has 2 fully saturated rings. The summed E-state index contributed by atoms with van der Waals surface area (Å²) in [5, 5.41) is 10.6.